The summed E-state index contributed by atoms with van der Waals surface area (Å²) in [5.41, 5.74) is 3.14. The van der Waals surface area contributed by atoms with E-state index < -0.39 is 5.82 Å². The highest BCUT2D eigenvalue weighted by molar-refractivity contribution is 5.89. The monoisotopic (exact) mass is 363 g/mol. The molecule has 0 bridgehead atoms. The third-order valence-electron chi connectivity index (χ3n) is 4.46. The molecule has 6 heteroatoms. The lowest BCUT2D eigenvalue weighted by molar-refractivity contribution is 0.200. The van der Waals surface area contributed by atoms with Crippen molar-refractivity contribution in [2.75, 3.05) is 18.5 Å². The number of urea groups is 1. The van der Waals surface area contributed by atoms with Crippen LogP contribution < -0.4 is 10.1 Å². The van der Waals surface area contributed by atoms with Crippen LogP contribution in [0.1, 0.15) is 5.56 Å². The molecular weight excluding hydrogens is 345 g/mol. The standard InChI is InChI=1S/C21H18FN3O2/c22-18-3-1-2-4-19(18)24-21(26)25-11-12-27-20-6-5-16(13-17(20)14-25)15-7-9-23-10-8-15/h1-10,13H,11-12,14H2,(H,24,26). The first-order valence-electron chi connectivity index (χ1n) is 8.67. The molecule has 1 aliphatic heterocycles. The van der Waals surface area contributed by atoms with Gasteiger partial charge < -0.3 is 15.0 Å². The number of fused-ring (bicyclic) bond motifs is 1. The minimum atomic E-state index is -0.461. The van der Waals surface area contributed by atoms with Crippen LogP contribution >= 0.6 is 0 Å². The molecule has 27 heavy (non-hydrogen) atoms. The molecule has 0 radical (unpaired) electrons. The Labute approximate surface area is 156 Å². The minimum Gasteiger partial charge on any atom is -0.491 e. The lowest BCUT2D eigenvalue weighted by atomic mass is 10.0. The Kier molecular flexibility index (Phi) is 4.70. The number of nitrogens with one attached hydrogen (secondary N) is 1. The molecule has 0 spiro atoms. The average Bonchev–Trinajstić information content (AvgIpc) is 2.92. The Hall–Kier alpha value is -3.41. The van der Waals surface area contributed by atoms with E-state index in [1.54, 1.807) is 29.4 Å². The van der Waals surface area contributed by atoms with Crippen LogP contribution in [-0.4, -0.2) is 29.1 Å². The lowest BCUT2D eigenvalue weighted by Crippen LogP contribution is -2.36. The van der Waals surface area contributed by atoms with E-state index in [4.69, 9.17) is 4.74 Å². The highest BCUT2D eigenvalue weighted by Crippen LogP contribution is 2.29. The van der Waals surface area contributed by atoms with Gasteiger partial charge in [0.2, 0.25) is 0 Å². The minimum absolute atomic E-state index is 0.165. The summed E-state index contributed by atoms with van der Waals surface area (Å²) in [4.78, 5) is 18.3. The largest absolute Gasteiger partial charge is 0.491 e. The van der Waals surface area contributed by atoms with E-state index >= 15 is 0 Å². The quantitative estimate of drug-likeness (QED) is 0.738. The van der Waals surface area contributed by atoms with Gasteiger partial charge in [0.15, 0.2) is 0 Å². The summed E-state index contributed by atoms with van der Waals surface area (Å²) in [5, 5.41) is 2.63. The summed E-state index contributed by atoms with van der Waals surface area (Å²) < 4.78 is 19.6. The number of aromatic nitrogens is 1. The van der Waals surface area contributed by atoms with Gasteiger partial charge in [0, 0.05) is 18.0 Å². The number of hydrogen-bond acceptors (Lipinski definition) is 3. The number of hydrogen-bond donors (Lipinski definition) is 1. The van der Waals surface area contributed by atoms with Gasteiger partial charge in [0.25, 0.3) is 0 Å². The van der Waals surface area contributed by atoms with Gasteiger partial charge in [-0.3, -0.25) is 4.98 Å². The number of para-hydroxylation sites is 1. The molecule has 1 N–H and O–H groups in total. The maximum atomic E-state index is 13.8. The average molecular weight is 363 g/mol. The molecule has 2 amide bonds. The van der Waals surface area contributed by atoms with Crippen LogP contribution in [0, 0.1) is 5.82 Å². The number of ether oxygens (including phenoxy) is 1. The predicted octanol–water partition coefficient (Wildman–Crippen LogP) is 4.31. The molecule has 0 saturated carbocycles. The Bertz CT molecular complexity index is 963. The van der Waals surface area contributed by atoms with E-state index in [2.05, 4.69) is 10.3 Å². The third kappa shape index (κ3) is 3.74. The van der Waals surface area contributed by atoms with Crippen molar-refractivity contribution < 1.29 is 13.9 Å². The zero-order valence-electron chi connectivity index (χ0n) is 14.6. The number of anilines is 1. The first-order chi connectivity index (χ1) is 13.2. The maximum Gasteiger partial charge on any atom is 0.322 e. The number of nitrogens with zero attached hydrogens (tertiary/aromatic N) is 2. The number of pyridine rings is 1. The van der Waals surface area contributed by atoms with Gasteiger partial charge in [-0.15, -0.1) is 0 Å². The van der Waals surface area contributed by atoms with Crippen LogP contribution in [0.5, 0.6) is 5.75 Å². The van der Waals surface area contributed by atoms with Gasteiger partial charge in [-0.05, 0) is 47.5 Å². The van der Waals surface area contributed by atoms with E-state index in [9.17, 15) is 9.18 Å². The van der Waals surface area contributed by atoms with Gasteiger partial charge in [-0.1, -0.05) is 18.2 Å². The third-order valence-corrected chi connectivity index (χ3v) is 4.46. The van der Waals surface area contributed by atoms with Crippen LogP contribution in [0.2, 0.25) is 0 Å². The molecule has 2 aromatic carbocycles. The fourth-order valence-corrected chi connectivity index (χ4v) is 3.05. The second-order valence-corrected chi connectivity index (χ2v) is 6.24. The zero-order valence-corrected chi connectivity index (χ0v) is 14.6. The van der Waals surface area contributed by atoms with Crippen molar-refractivity contribution in [2.45, 2.75) is 6.54 Å². The van der Waals surface area contributed by atoms with Crippen molar-refractivity contribution in [3.63, 3.8) is 0 Å². The summed E-state index contributed by atoms with van der Waals surface area (Å²) in [6, 6.07) is 15.6. The molecule has 0 aliphatic carbocycles. The van der Waals surface area contributed by atoms with Crippen LogP contribution in [0.25, 0.3) is 11.1 Å². The Morgan fingerprint density at radius 3 is 2.70 bits per heavy atom. The molecule has 2 heterocycles. The van der Waals surface area contributed by atoms with Crippen molar-refractivity contribution in [1.29, 1.82) is 0 Å². The van der Waals surface area contributed by atoms with Crippen molar-refractivity contribution in [2.24, 2.45) is 0 Å². The van der Waals surface area contributed by atoms with Crippen molar-refractivity contribution in [3.05, 3.63) is 78.4 Å². The van der Waals surface area contributed by atoms with Crippen LogP contribution in [0.15, 0.2) is 67.0 Å². The Morgan fingerprint density at radius 1 is 1.07 bits per heavy atom. The highest BCUT2D eigenvalue weighted by Gasteiger charge is 2.21. The molecule has 0 unspecified atom stereocenters. The van der Waals surface area contributed by atoms with Gasteiger partial charge in [0.1, 0.15) is 18.2 Å². The molecule has 136 valence electrons. The number of amides is 2. The Morgan fingerprint density at radius 2 is 1.89 bits per heavy atom. The van der Waals surface area contributed by atoms with Crippen molar-refractivity contribution in [1.82, 2.24) is 9.88 Å². The SMILES string of the molecule is O=C(Nc1ccccc1F)N1CCOc2ccc(-c3ccncc3)cc2C1. The Balaban J connectivity index is 1.57. The van der Waals surface area contributed by atoms with Gasteiger partial charge >= 0.3 is 6.03 Å². The predicted molar refractivity (Wildman–Crippen MR) is 101 cm³/mol. The summed E-state index contributed by atoms with van der Waals surface area (Å²) >= 11 is 0. The van der Waals surface area contributed by atoms with Crippen molar-refractivity contribution in [3.8, 4) is 16.9 Å². The number of rotatable bonds is 2. The molecule has 5 nitrogen and oxygen atoms in total. The normalized spacial score (nSPS) is 13.3. The topological polar surface area (TPSA) is 54.5 Å². The molecule has 0 saturated heterocycles. The smallest absolute Gasteiger partial charge is 0.322 e. The van der Waals surface area contributed by atoms with E-state index in [0.29, 0.717) is 19.7 Å². The molecular formula is C21H18FN3O2. The fourth-order valence-electron chi connectivity index (χ4n) is 3.05. The second-order valence-electron chi connectivity index (χ2n) is 6.24. The zero-order chi connectivity index (χ0) is 18.6. The van der Waals surface area contributed by atoms with Gasteiger partial charge in [0.05, 0.1) is 18.8 Å². The van der Waals surface area contributed by atoms with Crippen LogP contribution in [0.4, 0.5) is 14.9 Å². The van der Waals surface area contributed by atoms with Crippen LogP contribution in [-0.2, 0) is 6.54 Å². The number of halogens is 1. The van der Waals surface area contributed by atoms with E-state index in [1.807, 2.05) is 30.3 Å². The maximum absolute atomic E-state index is 13.8. The molecule has 0 atom stereocenters. The first-order valence-corrected chi connectivity index (χ1v) is 8.67. The van der Waals surface area contributed by atoms with Gasteiger partial charge in [-0.2, -0.15) is 0 Å². The van der Waals surface area contributed by atoms with E-state index in [-0.39, 0.29) is 11.7 Å². The molecule has 0 fully saturated rings. The van der Waals surface area contributed by atoms with E-state index in [0.717, 1.165) is 22.4 Å². The number of carbonyl (C=O) groups excluding carboxylic acids is 1. The molecule has 1 aromatic heterocycles. The highest BCUT2D eigenvalue weighted by atomic mass is 19.1. The summed E-state index contributed by atoms with van der Waals surface area (Å²) in [7, 11) is 0. The van der Waals surface area contributed by atoms with E-state index in [1.165, 1.54) is 12.1 Å². The fraction of sp³-hybridized carbons (Fsp3) is 0.143. The molecule has 4 rings (SSSR count). The number of carbonyl (C=O) groups is 1. The summed E-state index contributed by atoms with van der Waals surface area (Å²) in [6.45, 7) is 1.18. The van der Waals surface area contributed by atoms with Crippen molar-refractivity contribution >= 4 is 11.7 Å². The lowest BCUT2D eigenvalue weighted by Gasteiger charge is -2.20. The van der Waals surface area contributed by atoms with Crippen LogP contribution in [0.3, 0.4) is 0 Å². The number of benzene rings is 2. The second kappa shape index (κ2) is 7.45. The molecule has 3 aromatic rings. The summed E-state index contributed by atoms with van der Waals surface area (Å²) in [5.74, 6) is 0.297. The first kappa shape index (κ1) is 17.0. The van der Waals surface area contributed by atoms with Gasteiger partial charge in [-0.25, -0.2) is 9.18 Å². The summed E-state index contributed by atoms with van der Waals surface area (Å²) in [6.07, 6.45) is 3.48. The molecule has 1 aliphatic rings.